The number of aliphatic hydroxyl groups excluding tert-OH is 1. The van der Waals surface area contributed by atoms with Crippen LogP contribution in [0.25, 0.3) is 0 Å². The predicted molar refractivity (Wildman–Crippen MR) is 129 cm³/mol. The van der Waals surface area contributed by atoms with Gasteiger partial charge in [0.1, 0.15) is 5.15 Å². The lowest BCUT2D eigenvalue weighted by molar-refractivity contribution is 0.0752. The number of carbonyl (C=O) groups is 1. The highest BCUT2D eigenvalue weighted by Gasteiger charge is 2.30. The molecule has 1 saturated heterocycles. The third kappa shape index (κ3) is 5.96. The summed E-state index contributed by atoms with van der Waals surface area (Å²) < 4.78 is 0. The molecule has 7 heteroatoms. The highest BCUT2D eigenvalue weighted by molar-refractivity contribution is 6.29. The number of aliphatic hydroxyl groups is 1. The number of amides is 1. The molecule has 0 aliphatic carbocycles. The van der Waals surface area contributed by atoms with Gasteiger partial charge in [0.25, 0.3) is 5.91 Å². The maximum atomic E-state index is 13.0. The van der Waals surface area contributed by atoms with E-state index in [2.05, 4.69) is 15.3 Å². The smallest absolute Gasteiger partial charge is 0.254 e. The largest absolute Gasteiger partial charge is 0.387 e. The number of halogens is 1. The summed E-state index contributed by atoms with van der Waals surface area (Å²) in [6, 6.07) is 15.5. The fraction of sp³-hybridized carbons (Fsp3) is 0.346. The van der Waals surface area contributed by atoms with E-state index in [1.165, 1.54) is 5.56 Å². The Bertz CT molecular complexity index is 1040. The van der Waals surface area contributed by atoms with E-state index in [9.17, 15) is 9.90 Å². The standard InChI is InChI=1S/C26H29ClN4O2/c1-2-31(17-19-4-3-13-28-15-19)26(33)20-7-5-18(6-8-20)14-22-10-11-23(30-22)25(32)21-9-12-24(27)29-16-21/h3-9,12-13,15-16,22-23,25,30,32H,2,10-11,14,17H2,1H3/t22-,23+,25?/m0/s1. The Morgan fingerprint density at radius 2 is 1.97 bits per heavy atom. The Morgan fingerprint density at radius 1 is 1.15 bits per heavy atom. The first-order valence-electron chi connectivity index (χ1n) is 11.4. The molecular formula is C26H29ClN4O2. The number of nitrogens with zero attached hydrogens (tertiary/aromatic N) is 3. The van der Waals surface area contributed by atoms with Gasteiger partial charge in [0.05, 0.1) is 6.10 Å². The van der Waals surface area contributed by atoms with Crippen LogP contribution in [-0.4, -0.2) is 44.5 Å². The van der Waals surface area contributed by atoms with Crippen molar-refractivity contribution in [2.75, 3.05) is 6.54 Å². The van der Waals surface area contributed by atoms with Gasteiger partial charge < -0.3 is 15.3 Å². The summed E-state index contributed by atoms with van der Waals surface area (Å²) >= 11 is 5.85. The van der Waals surface area contributed by atoms with Crippen molar-refractivity contribution in [3.8, 4) is 0 Å². The lowest BCUT2D eigenvalue weighted by atomic mass is 10.0. The Kier molecular flexibility index (Phi) is 7.70. The molecule has 3 atom stereocenters. The monoisotopic (exact) mass is 464 g/mol. The van der Waals surface area contributed by atoms with Gasteiger partial charge in [0, 0.05) is 54.9 Å². The van der Waals surface area contributed by atoms with Gasteiger partial charge in [0.15, 0.2) is 0 Å². The molecule has 0 radical (unpaired) electrons. The predicted octanol–water partition coefficient (Wildman–Crippen LogP) is 4.19. The highest BCUT2D eigenvalue weighted by atomic mass is 35.5. The molecule has 2 aromatic heterocycles. The highest BCUT2D eigenvalue weighted by Crippen LogP contribution is 2.27. The van der Waals surface area contributed by atoms with Crippen LogP contribution in [0.5, 0.6) is 0 Å². The fourth-order valence-electron chi connectivity index (χ4n) is 4.34. The molecule has 1 amide bonds. The van der Waals surface area contributed by atoms with Gasteiger partial charge in [-0.25, -0.2) is 4.98 Å². The third-order valence-electron chi connectivity index (χ3n) is 6.20. The van der Waals surface area contributed by atoms with Crippen LogP contribution in [0.4, 0.5) is 0 Å². The number of rotatable bonds is 8. The van der Waals surface area contributed by atoms with Gasteiger partial charge in [-0.15, -0.1) is 0 Å². The van der Waals surface area contributed by atoms with Crippen LogP contribution in [0.3, 0.4) is 0 Å². The minimum absolute atomic E-state index is 0.00980. The van der Waals surface area contributed by atoms with Crippen LogP contribution in [0.15, 0.2) is 67.1 Å². The second-order valence-electron chi connectivity index (χ2n) is 8.49. The van der Waals surface area contributed by atoms with E-state index in [0.717, 1.165) is 30.4 Å². The zero-order valence-electron chi connectivity index (χ0n) is 18.7. The molecule has 1 aromatic carbocycles. The van der Waals surface area contributed by atoms with Crippen molar-refractivity contribution in [3.63, 3.8) is 0 Å². The van der Waals surface area contributed by atoms with Crippen molar-refractivity contribution >= 4 is 17.5 Å². The summed E-state index contributed by atoms with van der Waals surface area (Å²) in [6.45, 7) is 3.16. The number of nitrogens with one attached hydrogen (secondary N) is 1. The summed E-state index contributed by atoms with van der Waals surface area (Å²) in [5.74, 6) is 0.0201. The molecule has 1 fully saturated rings. The van der Waals surface area contributed by atoms with Crippen molar-refractivity contribution in [3.05, 3.63) is 94.5 Å². The summed E-state index contributed by atoms with van der Waals surface area (Å²) in [6.07, 6.45) is 7.27. The number of hydrogen-bond donors (Lipinski definition) is 2. The molecule has 172 valence electrons. The quantitative estimate of drug-likeness (QED) is 0.489. The zero-order valence-corrected chi connectivity index (χ0v) is 19.4. The topological polar surface area (TPSA) is 78.4 Å². The lowest BCUT2D eigenvalue weighted by Crippen LogP contribution is -2.35. The molecule has 1 unspecified atom stereocenters. The number of hydrogen-bond acceptors (Lipinski definition) is 5. The molecule has 0 bridgehead atoms. The van der Waals surface area contributed by atoms with Crippen molar-refractivity contribution in [1.29, 1.82) is 0 Å². The summed E-state index contributed by atoms with van der Waals surface area (Å²) in [5.41, 5.74) is 3.64. The summed E-state index contributed by atoms with van der Waals surface area (Å²) in [5, 5.41) is 14.7. The van der Waals surface area contributed by atoms with E-state index in [-0.39, 0.29) is 18.0 Å². The van der Waals surface area contributed by atoms with E-state index in [1.54, 1.807) is 24.7 Å². The van der Waals surface area contributed by atoms with Crippen molar-refractivity contribution in [1.82, 2.24) is 20.2 Å². The van der Waals surface area contributed by atoms with Gasteiger partial charge in [-0.2, -0.15) is 0 Å². The second kappa shape index (κ2) is 10.9. The Labute approximate surface area is 199 Å². The number of pyridine rings is 2. The average Bonchev–Trinajstić information content (AvgIpc) is 3.32. The second-order valence-corrected chi connectivity index (χ2v) is 8.88. The van der Waals surface area contributed by atoms with Crippen molar-refractivity contribution in [2.45, 2.75) is 50.9 Å². The van der Waals surface area contributed by atoms with Gasteiger partial charge >= 0.3 is 0 Å². The van der Waals surface area contributed by atoms with Crippen LogP contribution in [0, 0.1) is 0 Å². The first kappa shape index (κ1) is 23.4. The molecule has 33 heavy (non-hydrogen) atoms. The van der Waals surface area contributed by atoms with Gasteiger partial charge in [-0.3, -0.25) is 9.78 Å². The molecular weight excluding hydrogens is 436 g/mol. The number of benzene rings is 1. The number of carbonyl (C=O) groups excluding carboxylic acids is 1. The Hall–Kier alpha value is -2.80. The maximum absolute atomic E-state index is 13.0. The van der Waals surface area contributed by atoms with Crippen LogP contribution >= 0.6 is 11.6 Å². The Morgan fingerprint density at radius 3 is 2.64 bits per heavy atom. The SMILES string of the molecule is CCN(Cc1cccnc1)C(=O)c1ccc(C[C@@H]2CC[C@H](C(O)c3ccc(Cl)nc3)N2)cc1. The van der Waals surface area contributed by atoms with E-state index >= 15 is 0 Å². The van der Waals surface area contributed by atoms with E-state index in [4.69, 9.17) is 11.6 Å². The average molecular weight is 465 g/mol. The minimum atomic E-state index is -0.611. The molecule has 3 heterocycles. The van der Waals surface area contributed by atoms with Gasteiger partial charge in [0.2, 0.25) is 0 Å². The van der Waals surface area contributed by atoms with Gasteiger partial charge in [-0.05, 0) is 61.6 Å². The van der Waals surface area contributed by atoms with Crippen LogP contribution in [-0.2, 0) is 13.0 Å². The van der Waals surface area contributed by atoms with Crippen molar-refractivity contribution < 1.29 is 9.90 Å². The summed E-state index contributed by atoms with van der Waals surface area (Å²) in [7, 11) is 0. The maximum Gasteiger partial charge on any atom is 0.254 e. The molecule has 1 aliphatic heterocycles. The van der Waals surface area contributed by atoms with Crippen molar-refractivity contribution in [2.24, 2.45) is 0 Å². The molecule has 0 spiro atoms. The van der Waals surface area contributed by atoms with Crippen LogP contribution in [0.2, 0.25) is 5.15 Å². The zero-order chi connectivity index (χ0) is 23.2. The van der Waals surface area contributed by atoms with E-state index in [1.807, 2.05) is 54.3 Å². The normalized spacial score (nSPS) is 18.8. The van der Waals surface area contributed by atoms with Gasteiger partial charge in [-0.1, -0.05) is 35.9 Å². The fourth-order valence-corrected chi connectivity index (χ4v) is 4.46. The summed E-state index contributed by atoms with van der Waals surface area (Å²) in [4.78, 5) is 23.0. The molecule has 1 aliphatic rings. The van der Waals surface area contributed by atoms with E-state index in [0.29, 0.717) is 23.8 Å². The lowest BCUT2D eigenvalue weighted by Gasteiger charge is -2.21. The third-order valence-corrected chi connectivity index (χ3v) is 6.42. The van der Waals surface area contributed by atoms with Crippen LogP contribution in [0.1, 0.15) is 52.9 Å². The Balaban J connectivity index is 1.33. The molecule has 4 rings (SSSR count). The first-order valence-corrected chi connectivity index (χ1v) is 11.7. The molecule has 0 saturated carbocycles. The molecule has 6 nitrogen and oxygen atoms in total. The minimum Gasteiger partial charge on any atom is -0.387 e. The van der Waals surface area contributed by atoms with Crippen LogP contribution < -0.4 is 5.32 Å². The van der Waals surface area contributed by atoms with E-state index < -0.39 is 6.10 Å². The molecule has 3 aromatic rings. The first-order chi connectivity index (χ1) is 16.0. The number of aromatic nitrogens is 2. The molecule has 2 N–H and O–H groups in total.